The van der Waals surface area contributed by atoms with Crippen molar-refractivity contribution in [3.63, 3.8) is 0 Å². The maximum absolute atomic E-state index is 12.7. The summed E-state index contributed by atoms with van der Waals surface area (Å²) < 4.78 is 6.31. The van der Waals surface area contributed by atoms with Crippen molar-refractivity contribution in [2.45, 2.75) is 70.8 Å². The molecule has 3 rings (SSSR count). The fraction of sp³-hybridized carbons (Fsp3) is 0.636. The standard InChI is InChI=1S/C22H31NO3/c1-22(2,3)19-9-4-5-10-20(19)26-18-11-13-23(14-12-18)21(25)16-7-6-8-17(24)15-16/h4-5,9-10,16,18H,6-8,11-15H2,1-3H3. The van der Waals surface area contributed by atoms with Gasteiger partial charge in [0.15, 0.2) is 0 Å². The van der Waals surface area contributed by atoms with E-state index in [-0.39, 0.29) is 29.1 Å². The Morgan fingerprint density at radius 2 is 1.81 bits per heavy atom. The molecule has 0 bridgehead atoms. The zero-order valence-electron chi connectivity index (χ0n) is 16.3. The van der Waals surface area contributed by atoms with E-state index in [0.29, 0.717) is 12.8 Å². The Balaban J connectivity index is 1.56. The van der Waals surface area contributed by atoms with Crippen LogP contribution in [-0.4, -0.2) is 35.8 Å². The zero-order chi connectivity index (χ0) is 18.7. The van der Waals surface area contributed by atoms with Crippen LogP contribution in [0, 0.1) is 5.92 Å². The Labute approximate surface area is 156 Å². The van der Waals surface area contributed by atoms with Crippen LogP contribution < -0.4 is 4.74 Å². The van der Waals surface area contributed by atoms with Crippen molar-refractivity contribution in [3.05, 3.63) is 29.8 Å². The Bertz CT molecular complexity index is 654. The van der Waals surface area contributed by atoms with Gasteiger partial charge in [0.25, 0.3) is 0 Å². The van der Waals surface area contributed by atoms with E-state index in [0.717, 1.165) is 44.5 Å². The SMILES string of the molecule is CC(C)(C)c1ccccc1OC1CCN(C(=O)C2CCCC(=O)C2)CC1. The summed E-state index contributed by atoms with van der Waals surface area (Å²) >= 11 is 0. The highest BCUT2D eigenvalue weighted by molar-refractivity contribution is 5.88. The minimum absolute atomic E-state index is 0.0424. The zero-order valence-corrected chi connectivity index (χ0v) is 16.3. The van der Waals surface area contributed by atoms with Crippen LogP contribution in [0.2, 0.25) is 0 Å². The fourth-order valence-corrected chi connectivity index (χ4v) is 4.06. The van der Waals surface area contributed by atoms with Gasteiger partial charge < -0.3 is 9.64 Å². The van der Waals surface area contributed by atoms with Gasteiger partial charge in [-0.1, -0.05) is 39.0 Å². The van der Waals surface area contributed by atoms with Crippen molar-refractivity contribution in [2.24, 2.45) is 5.92 Å². The third kappa shape index (κ3) is 4.46. The Hall–Kier alpha value is -1.84. The van der Waals surface area contributed by atoms with Crippen molar-refractivity contribution in [1.29, 1.82) is 0 Å². The van der Waals surface area contributed by atoms with Gasteiger partial charge in [-0.15, -0.1) is 0 Å². The number of likely N-dealkylation sites (tertiary alicyclic amines) is 1. The highest BCUT2D eigenvalue weighted by Gasteiger charge is 2.32. The molecule has 142 valence electrons. The topological polar surface area (TPSA) is 46.6 Å². The number of rotatable bonds is 3. The molecule has 2 fully saturated rings. The molecule has 26 heavy (non-hydrogen) atoms. The summed E-state index contributed by atoms with van der Waals surface area (Å²) in [6, 6.07) is 8.25. The number of ether oxygens (including phenoxy) is 1. The Kier molecular flexibility index (Phi) is 5.69. The van der Waals surface area contributed by atoms with Gasteiger partial charge in [0, 0.05) is 44.7 Å². The first-order valence-electron chi connectivity index (χ1n) is 9.91. The molecule has 1 heterocycles. The van der Waals surface area contributed by atoms with E-state index >= 15 is 0 Å². The van der Waals surface area contributed by atoms with E-state index < -0.39 is 0 Å². The van der Waals surface area contributed by atoms with Crippen LogP contribution in [0.25, 0.3) is 0 Å². The second-order valence-electron chi connectivity index (χ2n) is 8.72. The van der Waals surface area contributed by atoms with Crippen molar-refractivity contribution in [3.8, 4) is 5.75 Å². The lowest BCUT2D eigenvalue weighted by Gasteiger charge is -2.35. The lowest BCUT2D eigenvalue weighted by molar-refractivity contribution is -0.141. The van der Waals surface area contributed by atoms with Crippen molar-refractivity contribution < 1.29 is 14.3 Å². The molecule has 1 saturated heterocycles. The van der Waals surface area contributed by atoms with Crippen LogP contribution in [0.1, 0.15) is 64.9 Å². The van der Waals surface area contributed by atoms with Crippen LogP contribution in [-0.2, 0) is 15.0 Å². The number of hydrogen-bond acceptors (Lipinski definition) is 3. The highest BCUT2D eigenvalue weighted by Crippen LogP contribution is 2.33. The first-order valence-corrected chi connectivity index (χ1v) is 9.91. The minimum Gasteiger partial charge on any atom is -0.490 e. The van der Waals surface area contributed by atoms with Gasteiger partial charge in [-0.3, -0.25) is 9.59 Å². The van der Waals surface area contributed by atoms with E-state index in [9.17, 15) is 9.59 Å². The minimum atomic E-state index is -0.0877. The predicted molar refractivity (Wildman–Crippen MR) is 102 cm³/mol. The van der Waals surface area contributed by atoms with Crippen molar-refractivity contribution in [2.75, 3.05) is 13.1 Å². The molecule has 1 aromatic carbocycles. The molecule has 4 nitrogen and oxygen atoms in total. The molecule has 0 aromatic heterocycles. The summed E-state index contributed by atoms with van der Waals surface area (Å²) in [6.07, 6.45) is 4.66. The van der Waals surface area contributed by atoms with Crippen LogP contribution >= 0.6 is 0 Å². The Morgan fingerprint density at radius 1 is 1.12 bits per heavy atom. The van der Waals surface area contributed by atoms with Gasteiger partial charge >= 0.3 is 0 Å². The van der Waals surface area contributed by atoms with Crippen LogP contribution in [0.4, 0.5) is 0 Å². The molecular formula is C22H31NO3. The van der Waals surface area contributed by atoms with Gasteiger partial charge in [0.1, 0.15) is 17.6 Å². The lowest BCUT2D eigenvalue weighted by atomic mass is 9.86. The number of piperidine rings is 1. The number of carbonyl (C=O) groups is 2. The number of benzene rings is 1. The molecule has 0 radical (unpaired) electrons. The molecule has 2 aliphatic rings. The molecule has 1 aromatic rings. The number of nitrogens with zero attached hydrogens (tertiary/aromatic N) is 1. The quantitative estimate of drug-likeness (QED) is 0.818. The predicted octanol–water partition coefficient (Wildman–Crippen LogP) is 4.11. The fourth-order valence-electron chi connectivity index (χ4n) is 4.06. The second-order valence-corrected chi connectivity index (χ2v) is 8.72. The van der Waals surface area contributed by atoms with E-state index in [1.165, 1.54) is 5.56 Å². The highest BCUT2D eigenvalue weighted by atomic mass is 16.5. The third-order valence-electron chi connectivity index (χ3n) is 5.57. The van der Waals surface area contributed by atoms with Crippen LogP contribution in [0.5, 0.6) is 5.75 Å². The first kappa shape index (κ1) is 18.9. The Morgan fingerprint density at radius 3 is 2.46 bits per heavy atom. The summed E-state index contributed by atoms with van der Waals surface area (Å²) in [5, 5.41) is 0. The monoisotopic (exact) mass is 357 g/mol. The van der Waals surface area contributed by atoms with Crippen molar-refractivity contribution in [1.82, 2.24) is 4.90 Å². The van der Waals surface area contributed by atoms with E-state index in [2.05, 4.69) is 32.9 Å². The number of amides is 1. The molecule has 1 unspecified atom stereocenters. The maximum atomic E-state index is 12.7. The number of hydrogen-bond donors (Lipinski definition) is 0. The molecule has 1 saturated carbocycles. The van der Waals surface area contributed by atoms with Gasteiger partial charge in [-0.25, -0.2) is 0 Å². The number of para-hydroxylation sites is 1. The molecule has 0 spiro atoms. The first-order chi connectivity index (χ1) is 12.3. The largest absolute Gasteiger partial charge is 0.490 e. The average molecular weight is 357 g/mol. The lowest BCUT2D eigenvalue weighted by Crippen LogP contribution is -2.45. The molecule has 1 aliphatic carbocycles. The number of ketones is 1. The molecule has 1 atom stereocenters. The van der Waals surface area contributed by atoms with E-state index in [1.54, 1.807) is 0 Å². The second kappa shape index (κ2) is 7.81. The summed E-state index contributed by atoms with van der Waals surface area (Å²) in [5.74, 6) is 1.29. The van der Waals surface area contributed by atoms with E-state index in [1.807, 2.05) is 17.0 Å². The molecule has 0 N–H and O–H groups in total. The number of Topliss-reactive ketones (excluding diaryl/α,β-unsaturated/α-hetero) is 1. The normalized spacial score (nSPS) is 22.3. The summed E-state index contributed by atoms with van der Waals surface area (Å²) in [4.78, 5) is 26.3. The number of carbonyl (C=O) groups excluding carboxylic acids is 2. The third-order valence-corrected chi connectivity index (χ3v) is 5.57. The molecular weight excluding hydrogens is 326 g/mol. The van der Waals surface area contributed by atoms with Gasteiger partial charge in [-0.2, -0.15) is 0 Å². The average Bonchev–Trinajstić information content (AvgIpc) is 2.61. The smallest absolute Gasteiger partial charge is 0.226 e. The molecule has 4 heteroatoms. The molecule has 1 aliphatic heterocycles. The van der Waals surface area contributed by atoms with Gasteiger partial charge in [-0.05, 0) is 29.9 Å². The van der Waals surface area contributed by atoms with Crippen molar-refractivity contribution >= 4 is 11.7 Å². The van der Waals surface area contributed by atoms with Gasteiger partial charge in [0.2, 0.25) is 5.91 Å². The summed E-state index contributed by atoms with van der Waals surface area (Å²) in [6.45, 7) is 8.05. The van der Waals surface area contributed by atoms with E-state index in [4.69, 9.17) is 4.74 Å². The van der Waals surface area contributed by atoms with Crippen LogP contribution in [0.3, 0.4) is 0 Å². The van der Waals surface area contributed by atoms with Crippen LogP contribution in [0.15, 0.2) is 24.3 Å². The molecule has 1 amide bonds. The van der Waals surface area contributed by atoms with Gasteiger partial charge in [0.05, 0.1) is 0 Å². The maximum Gasteiger partial charge on any atom is 0.226 e. The summed E-state index contributed by atoms with van der Waals surface area (Å²) in [5.41, 5.74) is 1.26. The summed E-state index contributed by atoms with van der Waals surface area (Å²) in [7, 11) is 0.